The van der Waals surface area contributed by atoms with E-state index in [-0.39, 0.29) is 17.4 Å². The molecule has 0 spiro atoms. The number of aryl methyl sites for hydroxylation is 1. The van der Waals surface area contributed by atoms with Crippen molar-refractivity contribution >= 4 is 11.6 Å². The van der Waals surface area contributed by atoms with E-state index in [2.05, 4.69) is 10.6 Å². The first-order chi connectivity index (χ1) is 8.01. The Hall–Kier alpha value is -1.42. The van der Waals surface area contributed by atoms with E-state index >= 15 is 0 Å². The van der Waals surface area contributed by atoms with Gasteiger partial charge in [-0.1, -0.05) is 6.07 Å². The van der Waals surface area contributed by atoms with Gasteiger partial charge >= 0.3 is 0 Å². The molecule has 1 amide bonds. The first-order valence-corrected chi connectivity index (χ1v) is 5.84. The number of nitrogens with one attached hydrogen (secondary N) is 2. The zero-order chi connectivity index (χ0) is 12.5. The predicted molar refractivity (Wildman–Crippen MR) is 65.4 cm³/mol. The van der Waals surface area contributed by atoms with Gasteiger partial charge in [-0.05, 0) is 50.9 Å². The number of amides is 1. The van der Waals surface area contributed by atoms with Crippen LogP contribution in [0.5, 0.6) is 0 Å². The first-order valence-electron chi connectivity index (χ1n) is 5.84. The molecule has 3 nitrogen and oxygen atoms in total. The molecule has 1 fully saturated rings. The molecule has 1 saturated heterocycles. The van der Waals surface area contributed by atoms with Gasteiger partial charge in [-0.2, -0.15) is 0 Å². The fourth-order valence-electron chi connectivity index (χ4n) is 2.07. The summed E-state index contributed by atoms with van der Waals surface area (Å²) in [7, 11) is 0. The molecule has 0 bridgehead atoms. The molecule has 0 radical (unpaired) electrons. The summed E-state index contributed by atoms with van der Waals surface area (Å²) in [6.45, 7) is 4.50. The minimum atomic E-state index is -0.572. The molecule has 0 saturated carbocycles. The largest absolute Gasteiger partial charge is 0.322 e. The van der Waals surface area contributed by atoms with Crippen LogP contribution in [0.3, 0.4) is 0 Å². The molecule has 1 atom stereocenters. The van der Waals surface area contributed by atoms with E-state index in [1.165, 1.54) is 6.07 Å². The zero-order valence-electron chi connectivity index (χ0n) is 10.1. The molecule has 1 aliphatic heterocycles. The maximum atomic E-state index is 13.6. The molecule has 1 heterocycles. The number of anilines is 1. The van der Waals surface area contributed by atoms with Gasteiger partial charge in [-0.15, -0.1) is 0 Å². The monoisotopic (exact) mass is 236 g/mol. The van der Waals surface area contributed by atoms with Crippen LogP contribution < -0.4 is 10.6 Å². The van der Waals surface area contributed by atoms with E-state index in [0.29, 0.717) is 0 Å². The SMILES string of the molecule is Cc1ccc(NC(=O)C2(C)CCCN2)c(F)c1. The van der Waals surface area contributed by atoms with Crippen molar-refractivity contribution in [2.45, 2.75) is 32.2 Å². The number of halogens is 1. The van der Waals surface area contributed by atoms with E-state index < -0.39 is 5.54 Å². The Bertz CT molecular complexity index is 439. The molecule has 2 rings (SSSR count). The lowest BCUT2D eigenvalue weighted by atomic mass is 9.99. The summed E-state index contributed by atoms with van der Waals surface area (Å²) in [4.78, 5) is 12.0. The third kappa shape index (κ3) is 2.47. The quantitative estimate of drug-likeness (QED) is 0.826. The summed E-state index contributed by atoms with van der Waals surface area (Å²) in [6.07, 6.45) is 1.76. The van der Waals surface area contributed by atoms with Crippen LogP contribution in [0.1, 0.15) is 25.3 Å². The topological polar surface area (TPSA) is 41.1 Å². The molecular weight excluding hydrogens is 219 g/mol. The van der Waals surface area contributed by atoms with Crippen molar-refractivity contribution in [3.8, 4) is 0 Å². The van der Waals surface area contributed by atoms with E-state index in [9.17, 15) is 9.18 Å². The van der Waals surface area contributed by atoms with Crippen molar-refractivity contribution in [3.63, 3.8) is 0 Å². The van der Waals surface area contributed by atoms with E-state index in [0.717, 1.165) is 24.9 Å². The number of hydrogen-bond acceptors (Lipinski definition) is 2. The highest BCUT2D eigenvalue weighted by Gasteiger charge is 2.36. The number of carbonyl (C=O) groups is 1. The van der Waals surface area contributed by atoms with Crippen LogP contribution in [0.2, 0.25) is 0 Å². The van der Waals surface area contributed by atoms with E-state index in [1.807, 2.05) is 13.8 Å². The smallest absolute Gasteiger partial charge is 0.244 e. The maximum absolute atomic E-state index is 13.6. The van der Waals surface area contributed by atoms with Gasteiger partial charge in [0.15, 0.2) is 0 Å². The minimum absolute atomic E-state index is 0.169. The van der Waals surface area contributed by atoms with Crippen molar-refractivity contribution in [2.24, 2.45) is 0 Å². The lowest BCUT2D eigenvalue weighted by Gasteiger charge is -2.23. The molecule has 0 aromatic heterocycles. The second-order valence-electron chi connectivity index (χ2n) is 4.80. The summed E-state index contributed by atoms with van der Waals surface area (Å²) in [5.74, 6) is -0.558. The van der Waals surface area contributed by atoms with Gasteiger partial charge in [-0.3, -0.25) is 4.79 Å². The normalized spacial score (nSPS) is 23.7. The van der Waals surface area contributed by atoms with Gasteiger partial charge < -0.3 is 10.6 Å². The van der Waals surface area contributed by atoms with Crippen LogP contribution in [0.15, 0.2) is 18.2 Å². The molecule has 0 aliphatic carbocycles. The van der Waals surface area contributed by atoms with Gasteiger partial charge in [-0.25, -0.2) is 4.39 Å². The van der Waals surface area contributed by atoms with Gasteiger partial charge in [0.25, 0.3) is 0 Å². The highest BCUT2D eigenvalue weighted by molar-refractivity contribution is 5.98. The van der Waals surface area contributed by atoms with Crippen molar-refractivity contribution < 1.29 is 9.18 Å². The van der Waals surface area contributed by atoms with Crippen LogP contribution in [0.25, 0.3) is 0 Å². The van der Waals surface area contributed by atoms with Crippen LogP contribution in [0, 0.1) is 12.7 Å². The highest BCUT2D eigenvalue weighted by Crippen LogP contribution is 2.22. The Labute approximate surface area is 100 Å². The number of rotatable bonds is 2. The number of hydrogen-bond donors (Lipinski definition) is 2. The van der Waals surface area contributed by atoms with Crippen molar-refractivity contribution in [1.29, 1.82) is 0 Å². The Morgan fingerprint density at radius 2 is 2.29 bits per heavy atom. The van der Waals surface area contributed by atoms with Crippen LogP contribution in [-0.4, -0.2) is 18.0 Å². The molecule has 92 valence electrons. The average molecular weight is 236 g/mol. The van der Waals surface area contributed by atoms with Gasteiger partial charge in [0.1, 0.15) is 5.82 Å². The molecule has 2 N–H and O–H groups in total. The zero-order valence-corrected chi connectivity index (χ0v) is 10.1. The molecule has 4 heteroatoms. The molecule has 1 unspecified atom stereocenters. The first kappa shape index (κ1) is 12.0. The maximum Gasteiger partial charge on any atom is 0.244 e. The van der Waals surface area contributed by atoms with Crippen molar-refractivity contribution in [3.05, 3.63) is 29.6 Å². The molecule has 1 aromatic rings. The fourth-order valence-corrected chi connectivity index (χ4v) is 2.07. The van der Waals surface area contributed by atoms with Crippen LogP contribution in [-0.2, 0) is 4.79 Å². The summed E-state index contributed by atoms with van der Waals surface area (Å²) in [6, 6.07) is 4.80. The summed E-state index contributed by atoms with van der Waals surface area (Å²) in [5, 5.41) is 5.79. The minimum Gasteiger partial charge on any atom is -0.322 e. The third-order valence-electron chi connectivity index (χ3n) is 3.24. The predicted octanol–water partition coefficient (Wildman–Crippen LogP) is 2.21. The van der Waals surface area contributed by atoms with Gasteiger partial charge in [0.2, 0.25) is 5.91 Å². The number of carbonyl (C=O) groups excluding carboxylic acids is 1. The summed E-state index contributed by atoms with van der Waals surface area (Å²) < 4.78 is 13.6. The van der Waals surface area contributed by atoms with Crippen molar-refractivity contribution in [2.75, 3.05) is 11.9 Å². The molecule has 1 aliphatic rings. The fraction of sp³-hybridized carbons (Fsp3) is 0.462. The Kier molecular flexibility index (Phi) is 3.15. The third-order valence-corrected chi connectivity index (χ3v) is 3.24. The van der Waals surface area contributed by atoms with Crippen LogP contribution in [0.4, 0.5) is 10.1 Å². The summed E-state index contributed by atoms with van der Waals surface area (Å²) in [5.41, 5.74) is 0.512. The highest BCUT2D eigenvalue weighted by atomic mass is 19.1. The van der Waals surface area contributed by atoms with Crippen molar-refractivity contribution in [1.82, 2.24) is 5.32 Å². The van der Waals surface area contributed by atoms with E-state index in [1.54, 1.807) is 12.1 Å². The Morgan fingerprint density at radius 3 is 2.88 bits per heavy atom. The molecular formula is C13H17FN2O. The van der Waals surface area contributed by atoms with Crippen LogP contribution >= 0.6 is 0 Å². The number of benzene rings is 1. The lowest BCUT2D eigenvalue weighted by Crippen LogP contribution is -2.48. The Morgan fingerprint density at radius 1 is 1.53 bits per heavy atom. The second kappa shape index (κ2) is 4.45. The van der Waals surface area contributed by atoms with E-state index in [4.69, 9.17) is 0 Å². The second-order valence-corrected chi connectivity index (χ2v) is 4.80. The molecule has 17 heavy (non-hydrogen) atoms. The molecule has 1 aromatic carbocycles. The average Bonchev–Trinajstić information content (AvgIpc) is 2.71. The summed E-state index contributed by atoms with van der Waals surface area (Å²) >= 11 is 0. The van der Waals surface area contributed by atoms with Gasteiger partial charge in [0.05, 0.1) is 11.2 Å². The standard InChI is InChI=1S/C13H17FN2O/c1-9-4-5-11(10(14)8-9)16-12(17)13(2)6-3-7-15-13/h4-5,8,15H,3,6-7H2,1-2H3,(H,16,17). The lowest BCUT2D eigenvalue weighted by molar-refractivity contribution is -0.121. The Balaban J connectivity index is 2.13. The van der Waals surface area contributed by atoms with Gasteiger partial charge in [0, 0.05) is 0 Å².